The summed E-state index contributed by atoms with van der Waals surface area (Å²) < 4.78 is 16.5. The van der Waals surface area contributed by atoms with Crippen LogP contribution in [0.4, 0.5) is 5.95 Å². The van der Waals surface area contributed by atoms with E-state index in [1.165, 1.54) is 12.0 Å². The number of aromatic amines is 1. The number of fused-ring (bicyclic) bond motifs is 1. The topological polar surface area (TPSA) is 114 Å². The lowest BCUT2D eigenvalue weighted by molar-refractivity contribution is -0.132. The summed E-state index contributed by atoms with van der Waals surface area (Å²) in [5.74, 6) is -0.157. The number of ketones is 1. The van der Waals surface area contributed by atoms with E-state index < -0.39 is 17.7 Å². The number of aryl methyl sites for hydroxylation is 1. The number of hydrogen-bond donors (Lipinski definition) is 2. The fourth-order valence-corrected chi connectivity index (χ4v) is 4.73. The first-order chi connectivity index (χ1) is 18.4. The van der Waals surface area contributed by atoms with Crippen LogP contribution in [0.2, 0.25) is 0 Å². The van der Waals surface area contributed by atoms with Gasteiger partial charge < -0.3 is 24.3 Å². The van der Waals surface area contributed by atoms with Crippen molar-refractivity contribution in [1.82, 2.24) is 9.97 Å². The molecule has 1 aliphatic heterocycles. The third-order valence-electron chi connectivity index (χ3n) is 6.52. The molecule has 1 fully saturated rings. The minimum Gasteiger partial charge on any atom is -0.507 e. The summed E-state index contributed by atoms with van der Waals surface area (Å²) in [5.41, 5.74) is 2.97. The minimum absolute atomic E-state index is 0.0624. The van der Waals surface area contributed by atoms with Crippen molar-refractivity contribution < 1.29 is 28.9 Å². The number of methoxy groups -OCH3 is 2. The van der Waals surface area contributed by atoms with Crippen molar-refractivity contribution in [1.29, 1.82) is 0 Å². The normalized spacial score (nSPS) is 16.7. The Labute approximate surface area is 219 Å². The zero-order valence-electron chi connectivity index (χ0n) is 21.4. The van der Waals surface area contributed by atoms with Gasteiger partial charge in [-0.05, 0) is 67.4 Å². The third-order valence-corrected chi connectivity index (χ3v) is 6.52. The molecular weight excluding hydrogens is 486 g/mol. The van der Waals surface area contributed by atoms with E-state index in [1.807, 2.05) is 38.1 Å². The summed E-state index contributed by atoms with van der Waals surface area (Å²) >= 11 is 0. The van der Waals surface area contributed by atoms with Gasteiger partial charge in [0.1, 0.15) is 11.5 Å². The molecule has 3 aromatic carbocycles. The fourth-order valence-electron chi connectivity index (χ4n) is 4.73. The number of carbonyl (C=O) groups is 2. The lowest BCUT2D eigenvalue weighted by Crippen LogP contribution is -2.30. The van der Waals surface area contributed by atoms with Gasteiger partial charge in [-0.1, -0.05) is 18.2 Å². The molecule has 1 atom stereocenters. The lowest BCUT2D eigenvalue weighted by Gasteiger charge is -2.24. The number of hydrogen-bond acceptors (Lipinski definition) is 7. The van der Waals surface area contributed by atoms with Gasteiger partial charge in [-0.15, -0.1) is 0 Å². The molecule has 0 radical (unpaired) electrons. The molecule has 1 aliphatic rings. The number of ether oxygens (including phenoxy) is 3. The molecule has 194 valence electrons. The van der Waals surface area contributed by atoms with Gasteiger partial charge in [-0.2, -0.15) is 0 Å². The van der Waals surface area contributed by atoms with Crippen molar-refractivity contribution in [3.8, 4) is 17.2 Å². The van der Waals surface area contributed by atoms with Gasteiger partial charge in [0.05, 0.1) is 43.5 Å². The second-order valence-corrected chi connectivity index (χ2v) is 8.77. The molecule has 0 bridgehead atoms. The monoisotopic (exact) mass is 513 g/mol. The van der Waals surface area contributed by atoms with Gasteiger partial charge >= 0.3 is 5.91 Å². The number of nitrogens with one attached hydrogen (secondary N) is 1. The number of carbonyl (C=O) groups excluding carboxylic acids is 2. The van der Waals surface area contributed by atoms with Crippen LogP contribution in [0.1, 0.15) is 29.7 Å². The Balaban J connectivity index is 1.74. The molecule has 1 saturated heterocycles. The van der Waals surface area contributed by atoms with E-state index in [2.05, 4.69) is 9.97 Å². The van der Waals surface area contributed by atoms with Crippen LogP contribution < -0.4 is 19.1 Å². The summed E-state index contributed by atoms with van der Waals surface area (Å²) in [6, 6.07) is 16.5. The van der Waals surface area contributed by atoms with Gasteiger partial charge in [-0.25, -0.2) is 4.98 Å². The Kier molecular flexibility index (Phi) is 6.50. The van der Waals surface area contributed by atoms with Crippen LogP contribution in [0.25, 0.3) is 16.8 Å². The van der Waals surface area contributed by atoms with Crippen LogP contribution in [0, 0.1) is 6.92 Å². The molecule has 0 saturated carbocycles. The summed E-state index contributed by atoms with van der Waals surface area (Å²) in [5, 5.41) is 11.5. The summed E-state index contributed by atoms with van der Waals surface area (Å²) in [4.78, 5) is 36.0. The number of imidazole rings is 1. The molecule has 9 heteroatoms. The van der Waals surface area contributed by atoms with E-state index >= 15 is 0 Å². The van der Waals surface area contributed by atoms with Crippen LogP contribution in [0.15, 0.2) is 66.2 Å². The number of nitrogens with zero attached hydrogens (tertiary/aromatic N) is 2. The number of aliphatic hydroxyl groups excluding tert-OH is 1. The minimum atomic E-state index is -0.983. The Morgan fingerprint density at radius 2 is 1.74 bits per heavy atom. The van der Waals surface area contributed by atoms with Crippen molar-refractivity contribution >= 4 is 34.4 Å². The van der Waals surface area contributed by atoms with E-state index in [1.54, 1.807) is 43.5 Å². The van der Waals surface area contributed by atoms with E-state index in [9.17, 15) is 14.7 Å². The van der Waals surface area contributed by atoms with Gasteiger partial charge in [0.15, 0.2) is 11.5 Å². The molecule has 1 unspecified atom stereocenters. The first-order valence-electron chi connectivity index (χ1n) is 12.1. The highest BCUT2D eigenvalue weighted by Crippen LogP contribution is 2.44. The fraction of sp³-hybridized carbons (Fsp3) is 0.207. The molecule has 1 aromatic heterocycles. The highest BCUT2D eigenvalue weighted by Gasteiger charge is 2.48. The van der Waals surface area contributed by atoms with Crippen molar-refractivity contribution in [2.75, 3.05) is 25.7 Å². The number of benzene rings is 3. The molecule has 0 spiro atoms. The number of anilines is 1. The summed E-state index contributed by atoms with van der Waals surface area (Å²) in [7, 11) is 3.09. The van der Waals surface area contributed by atoms with Crippen LogP contribution in [0.5, 0.6) is 17.2 Å². The number of rotatable bonds is 7. The maximum absolute atomic E-state index is 13.5. The second-order valence-electron chi connectivity index (χ2n) is 8.77. The molecule has 38 heavy (non-hydrogen) atoms. The van der Waals surface area contributed by atoms with Gasteiger partial charge in [0, 0.05) is 5.56 Å². The van der Waals surface area contributed by atoms with Crippen molar-refractivity contribution in [3.63, 3.8) is 0 Å². The number of para-hydroxylation sites is 2. The number of H-pyrrole nitrogens is 1. The van der Waals surface area contributed by atoms with Crippen molar-refractivity contribution in [2.45, 2.75) is 19.9 Å². The predicted molar refractivity (Wildman–Crippen MR) is 143 cm³/mol. The second kappa shape index (κ2) is 9.93. The first kappa shape index (κ1) is 24.9. The molecule has 9 nitrogen and oxygen atoms in total. The van der Waals surface area contributed by atoms with E-state index in [-0.39, 0.29) is 17.3 Å². The largest absolute Gasteiger partial charge is 0.507 e. The molecule has 5 rings (SSSR count). The van der Waals surface area contributed by atoms with Crippen molar-refractivity contribution in [2.24, 2.45) is 0 Å². The first-order valence-corrected chi connectivity index (χ1v) is 12.1. The molecule has 4 aromatic rings. The lowest BCUT2D eigenvalue weighted by atomic mass is 9.94. The van der Waals surface area contributed by atoms with E-state index in [4.69, 9.17) is 14.2 Å². The SMILES string of the molecule is CCOc1cc(C2/C(=C(\O)c3ccc(OC)c(C)c3)C(=O)C(=O)N2c2nc3ccccc3[nH]2)ccc1OC. The maximum Gasteiger partial charge on any atom is 0.302 e. The maximum atomic E-state index is 13.5. The average molecular weight is 514 g/mol. The van der Waals surface area contributed by atoms with Gasteiger partial charge in [-0.3, -0.25) is 14.5 Å². The number of amides is 1. The van der Waals surface area contributed by atoms with Crippen LogP contribution in [-0.2, 0) is 9.59 Å². The third kappa shape index (κ3) is 4.11. The Morgan fingerprint density at radius 3 is 2.42 bits per heavy atom. The number of aliphatic hydroxyl groups is 1. The van der Waals surface area contributed by atoms with Gasteiger partial charge in [0.25, 0.3) is 5.78 Å². The molecule has 2 heterocycles. The zero-order chi connectivity index (χ0) is 27.0. The Morgan fingerprint density at radius 1 is 1.00 bits per heavy atom. The molecule has 1 amide bonds. The Bertz CT molecular complexity index is 1560. The van der Waals surface area contributed by atoms with Crippen LogP contribution >= 0.6 is 0 Å². The summed E-state index contributed by atoms with van der Waals surface area (Å²) in [6.07, 6.45) is 0. The quantitative estimate of drug-likeness (QED) is 0.205. The Hall–Kier alpha value is -4.79. The van der Waals surface area contributed by atoms with Crippen molar-refractivity contribution in [3.05, 3.63) is 82.9 Å². The van der Waals surface area contributed by atoms with E-state index in [0.717, 1.165) is 5.56 Å². The smallest absolute Gasteiger partial charge is 0.302 e. The molecular formula is C29H27N3O6. The summed E-state index contributed by atoms with van der Waals surface area (Å²) in [6.45, 7) is 4.06. The number of Topliss-reactive ketones (excluding diaryl/α,β-unsaturated/α-hetero) is 1. The standard InChI is InChI=1S/C29H27N3O6/c1-5-38-23-15-17(10-13-22(23)37-4)25-24(26(33)18-11-12-21(36-3)16(2)14-18)27(34)28(35)32(25)29-30-19-8-6-7-9-20(19)31-29/h6-15,25,33H,5H2,1-4H3,(H,30,31)/b26-24+. The van der Waals surface area contributed by atoms with Crippen LogP contribution in [-0.4, -0.2) is 47.6 Å². The average Bonchev–Trinajstić information content (AvgIpc) is 3.46. The number of aromatic nitrogens is 2. The zero-order valence-corrected chi connectivity index (χ0v) is 21.4. The van der Waals surface area contributed by atoms with Gasteiger partial charge in [0.2, 0.25) is 5.95 Å². The molecule has 2 N–H and O–H groups in total. The predicted octanol–water partition coefficient (Wildman–Crippen LogP) is 4.91. The molecule has 0 aliphatic carbocycles. The highest BCUT2D eigenvalue weighted by molar-refractivity contribution is 6.51. The van der Waals surface area contributed by atoms with Crippen LogP contribution in [0.3, 0.4) is 0 Å². The van der Waals surface area contributed by atoms with E-state index in [0.29, 0.717) is 46.0 Å². The highest BCUT2D eigenvalue weighted by atomic mass is 16.5.